The number of fused-ring (bicyclic) bond motifs is 1. The normalized spacial score (nSPS) is 13.2. The molecular weight excluding hydrogens is 372 g/mol. The van der Waals surface area contributed by atoms with E-state index in [0.29, 0.717) is 29.2 Å². The van der Waals surface area contributed by atoms with Crippen LogP contribution in [0.1, 0.15) is 23.7 Å². The van der Waals surface area contributed by atoms with Crippen molar-refractivity contribution in [1.82, 2.24) is 0 Å². The number of benzene rings is 2. The van der Waals surface area contributed by atoms with E-state index >= 15 is 0 Å². The average Bonchev–Trinajstić information content (AvgIpc) is 2.58. The Balaban J connectivity index is 1.84. The fourth-order valence-electron chi connectivity index (χ4n) is 2.55. The Morgan fingerprint density at radius 3 is 2.71 bits per heavy atom. The first-order valence-corrected chi connectivity index (χ1v) is 8.52. The summed E-state index contributed by atoms with van der Waals surface area (Å²) in [4.78, 5) is 26.1. The van der Waals surface area contributed by atoms with Gasteiger partial charge in [-0.15, -0.1) is 0 Å². The van der Waals surface area contributed by atoms with Crippen molar-refractivity contribution < 1.29 is 14.3 Å². The second-order valence-electron chi connectivity index (χ2n) is 5.48. The summed E-state index contributed by atoms with van der Waals surface area (Å²) < 4.78 is 6.38. The maximum Gasteiger partial charge on any atom is 0.265 e. The molecule has 6 heteroatoms. The summed E-state index contributed by atoms with van der Waals surface area (Å²) in [5, 5.41) is 2.86. The number of amides is 2. The fraction of sp³-hybridized carbons (Fsp3) is 0.222. The lowest BCUT2D eigenvalue weighted by molar-refractivity contribution is -0.121. The molecule has 0 radical (unpaired) electrons. The van der Waals surface area contributed by atoms with Crippen molar-refractivity contribution in [1.29, 1.82) is 0 Å². The van der Waals surface area contributed by atoms with Gasteiger partial charge in [-0.2, -0.15) is 0 Å². The Morgan fingerprint density at radius 1 is 1.25 bits per heavy atom. The van der Waals surface area contributed by atoms with Gasteiger partial charge in [0.1, 0.15) is 5.75 Å². The molecule has 0 unspecified atom stereocenters. The van der Waals surface area contributed by atoms with Gasteiger partial charge >= 0.3 is 0 Å². The van der Waals surface area contributed by atoms with Crippen molar-refractivity contribution in [3.05, 3.63) is 52.5 Å². The van der Waals surface area contributed by atoms with Crippen molar-refractivity contribution in [2.24, 2.45) is 0 Å². The average molecular weight is 389 g/mol. The van der Waals surface area contributed by atoms with Crippen molar-refractivity contribution in [3.63, 3.8) is 0 Å². The monoisotopic (exact) mass is 388 g/mol. The minimum Gasteiger partial charge on any atom is -0.482 e. The predicted octanol–water partition coefficient (Wildman–Crippen LogP) is 3.84. The molecule has 2 amide bonds. The van der Waals surface area contributed by atoms with Crippen LogP contribution in [-0.2, 0) is 4.79 Å². The molecule has 1 N–H and O–H groups in total. The number of hydrogen-bond donors (Lipinski definition) is 1. The van der Waals surface area contributed by atoms with Crippen LogP contribution in [0, 0.1) is 0 Å². The van der Waals surface area contributed by atoms with Gasteiger partial charge in [0.2, 0.25) is 0 Å². The lowest BCUT2D eigenvalue weighted by Gasteiger charge is -2.29. The minimum absolute atomic E-state index is 0.0532. The summed E-state index contributed by atoms with van der Waals surface area (Å²) in [6.07, 6.45) is 0.848. The first-order valence-electron chi connectivity index (χ1n) is 7.72. The van der Waals surface area contributed by atoms with Crippen LogP contribution in [0.4, 0.5) is 11.4 Å². The van der Waals surface area contributed by atoms with Gasteiger partial charge in [-0.05, 0) is 48.9 Å². The summed E-state index contributed by atoms with van der Waals surface area (Å²) in [6, 6.07) is 12.5. The number of nitrogens with zero attached hydrogens (tertiary/aromatic N) is 1. The lowest BCUT2D eigenvalue weighted by atomic mass is 10.1. The van der Waals surface area contributed by atoms with Crippen LogP contribution < -0.4 is 15.0 Å². The summed E-state index contributed by atoms with van der Waals surface area (Å²) in [6.45, 7) is 2.69. The first-order chi connectivity index (χ1) is 11.6. The summed E-state index contributed by atoms with van der Waals surface area (Å²) in [5.74, 6) is 0.387. The molecule has 0 fully saturated rings. The molecule has 24 heavy (non-hydrogen) atoms. The number of rotatable bonds is 4. The van der Waals surface area contributed by atoms with E-state index in [4.69, 9.17) is 4.74 Å². The summed E-state index contributed by atoms with van der Waals surface area (Å²) in [5.41, 5.74) is 1.89. The number of anilines is 2. The van der Waals surface area contributed by atoms with E-state index in [-0.39, 0.29) is 18.4 Å². The molecule has 0 saturated heterocycles. The van der Waals surface area contributed by atoms with E-state index in [9.17, 15) is 9.59 Å². The zero-order valence-corrected chi connectivity index (χ0v) is 14.8. The van der Waals surface area contributed by atoms with E-state index in [0.717, 1.165) is 10.9 Å². The number of carbonyl (C=O) groups is 2. The molecule has 1 aliphatic rings. The van der Waals surface area contributed by atoms with Crippen LogP contribution in [-0.4, -0.2) is 25.0 Å². The number of hydrogen-bond acceptors (Lipinski definition) is 3. The Bertz CT molecular complexity index is 774. The Morgan fingerprint density at radius 2 is 2.00 bits per heavy atom. The van der Waals surface area contributed by atoms with Crippen LogP contribution in [0.5, 0.6) is 5.75 Å². The zero-order chi connectivity index (χ0) is 17.1. The highest BCUT2D eigenvalue weighted by Crippen LogP contribution is 2.34. The Hall–Kier alpha value is -2.34. The molecular formula is C18H17BrN2O3. The van der Waals surface area contributed by atoms with Crippen molar-refractivity contribution in [2.75, 3.05) is 23.4 Å². The van der Waals surface area contributed by atoms with Crippen LogP contribution in [0.2, 0.25) is 0 Å². The third kappa shape index (κ3) is 3.43. The zero-order valence-electron chi connectivity index (χ0n) is 13.2. The van der Waals surface area contributed by atoms with Gasteiger partial charge in [-0.1, -0.05) is 22.9 Å². The smallest absolute Gasteiger partial charge is 0.265 e. The molecule has 1 aliphatic heterocycles. The Labute approximate surface area is 148 Å². The largest absolute Gasteiger partial charge is 0.482 e. The third-order valence-corrected chi connectivity index (χ3v) is 4.24. The van der Waals surface area contributed by atoms with Crippen LogP contribution in [0.25, 0.3) is 0 Å². The number of carbonyl (C=O) groups excluding carboxylic acids is 2. The van der Waals surface area contributed by atoms with Crippen LogP contribution in [0.3, 0.4) is 0 Å². The molecule has 3 rings (SSSR count). The van der Waals surface area contributed by atoms with Gasteiger partial charge in [0.15, 0.2) is 6.61 Å². The molecule has 0 bridgehead atoms. The molecule has 5 nitrogen and oxygen atoms in total. The quantitative estimate of drug-likeness (QED) is 0.865. The molecule has 0 saturated carbocycles. The second-order valence-corrected chi connectivity index (χ2v) is 6.39. The van der Waals surface area contributed by atoms with Gasteiger partial charge in [0.05, 0.1) is 5.69 Å². The number of nitrogens with one attached hydrogen (secondary N) is 1. The standard InChI is InChI=1S/C18H17BrN2O3/c1-2-9-21-15-10-14(7-8-16(15)24-11-17(21)22)20-18(23)12-3-5-13(19)6-4-12/h3-8,10H,2,9,11H2,1H3,(H,20,23). The highest BCUT2D eigenvalue weighted by atomic mass is 79.9. The highest BCUT2D eigenvalue weighted by molar-refractivity contribution is 9.10. The second kappa shape index (κ2) is 7.05. The molecule has 0 atom stereocenters. The Kier molecular flexibility index (Phi) is 4.85. The maximum absolute atomic E-state index is 12.3. The number of halogens is 1. The van der Waals surface area contributed by atoms with E-state index in [1.807, 2.05) is 19.1 Å². The van der Waals surface area contributed by atoms with Gasteiger partial charge < -0.3 is 15.0 Å². The highest BCUT2D eigenvalue weighted by Gasteiger charge is 2.25. The molecule has 124 valence electrons. The molecule has 0 aliphatic carbocycles. The SMILES string of the molecule is CCCN1C(=O)COc2ccc(NC(=O)c3ccc(Br)cc3)cc21. The molecule has 0 aromatic heterocycles. The van der Waals surface area contributed by atoms with E-state index in [1.54, 1.807) is 35.2 Å². The maximum atomic E-state index is 12.3. The topological polar surface area (TPSA) is 58.6 Å². The first kappa shape index (κ1) is 16.5. The van der Waals surface area contributed by atoms with Crippen LogP contribution >= 0.6 is 15.9 Å². The molecule has 1 heterocycles. The van der Waals surface area contributed by atoms with E-state index in [2.05, 4.69) is 21.2 Å². The van der Waals surface area contributed by atoms with Crippen molar-refractivity contribution in [2.45, 2.75) is 13.3 Å². The van der Waals surface area contributed by atoms with Gasteiger partial charge in [-0.3, -0.25) is 9.59 Å². The summed E-state index contributed by atoms with van der Waals surface area (Å²) >= 11 is 3.35. The summed E-state index contributed by atoms with van der Waals surface area (Å²) in [7, 11) is 0. The van der Waals surface area contributed by atoms with E-state index < -0.39 is 0 Å². The van der Waals surface area contributed by atoms with Gasteiger partial charge in [0, 0.05) is 22.3 Å². The molecule has 0 spiro atoms. The van der Waals surface area contributed by atoms with Crippen molar-refractivity contribution >= 4 is 39.1 Å². The fourth-order valence-corrected chi connectivity index (χ4v) is 2.82. The third-order valence-electron chi connectivity index (χ3n) is 3.71. The number of ether oxygens (including phenoxy) is 1. The van der Waals surface area contributed by atoms with Crippen LogP contribution in [0.15, 0.2) is 46.9 Å². The predicted molar refractivity (Wildman–Crippen MR) is 96.7 cm³/mol. The molecule has 2 aromatic carbocycles. The van der Waals surface area contributed by atoms with E-state index in [1.165, 1.54) is 0 Å². The van der Waals surface area contributed by atoms with Gasteiger partial charge in [-0.25, -0.2) is 0 Å². The lowest BCUT2D eigenvalue weighted by Crippen LogP contribution is -2.39. The van der Waals surface area contributed by atoms with Crippen molar-refractivity contribution in [3.8, 4) is 5.75 Å². The molecule has 2 aromatic rings. The van der Waals surface area contributed by atoms with Gasteiger partial charge in [0.25, 0.3) is 11.8 Å². The minimum atomic E-state index is -0.201.